The van der Waals surface area contributed by atoms with E-state index in [4.69, 9.17) is 10.0 Å². The number of hydrogen-bond donors (Lipinski definition) is 2. The number of allylic oxidation sites excluding steroid dienone is 5. The Labute approximate surface area is 61.3 Å². The lowest BCUT2D eigenvalue weighted by Crippen LogP contribution is -2.07. The van der Waals surface area contributed by atoms with Crippen LogP contribution in [0.1, 0.15) is 0 Å². The molecule has 0 saturated carbocycles. The summed E-state index contributed by atoms with van der Waals surface area (Å²) >= 11 is 0. The molecule has 0 aliphatic rings. The van der Waals surface area contributed by atoms with Gasteiger partial charge in [-0.25, -0.2) is 0 Å². The van der Waals surface area contributed by atoms with Gasteiger partial charge in [-0.15, -0.1) is 0 Å². The molecule has 0 atom stereocenters. The molecule has 0 spiro atoms. The van der Waals surface area contributed by atoms with Crippen molar-refractivity contribution in [2.45, 2.75) is 6.32 Å². The minimum Gasteiger partial charge on any atom is -0.427 e. The molecular formula is C7H11BO2. The van der Waals surface area contributed by atoms with Crippen LogP contribution in [0, 0.1) is 0 Å². The summed E-state index contributed by atoms with van der Waals surface area (Å²) in [4.78, 5) is 0. The fraction of sp³-hybridized carbons (Fsp3) is 0.143. The van der Waals surface area contributed by atoms with E-state index in [1.54, 1.807) is 30.4 Å². The molecule has 0 amide bonds. The molecule has 0 bridgehead atoms. The van der Waals surface area contributed by atoms with Gasteiger partial charge in [0.2, 0.25) is 0 Å². The average Bonchev–Trinajstić information content (AvgIpc) is 1.87. The van der Waals surface area contributed by atoms with Gasteiger partial charge in [0.15, 0.2) is 0 Å². The van der Waals surface area contributed by atoms with Crippen LogP contribution in [0.5, 0.6) is 0 Å². The summed E-state index contributed by atoms with van der Waals surface area (Å²) in [5.74, 6) is 0. The smallest absolute Gasteiger partial charge is 0.427 e. The largest absolute Gasteiger partial charge is 0.455 e. The van der Waals surface area contributed by atoms with Crippen LogP contribution in [0.2, 0.25) is 6.32 Å². The molecule has 2 N–H and O–H groups in total. The molecule has 0 aromatic carbocycles. The summed E-state index contributed by atoms with van der Waals surface area (Å²) in [5, 5.41) is 16.7. The van der Waals surface area contributed by atoms with E-state index in [2.05, 4.69) is 6.58 Å². The summed E-state index contributed by atoms with van der Waals surface area (Å²) in [7, 11) is -1.24. The fourth-order valence-corrected chi connectivity index (χ4v) is 0.422. The Hall–Kier alpha value is -0.795. The standard InChI is InChI=1S/C7H11BO2/c1-2-3-4-5-6-7-8(9)10/h2-6,9-10H,1,7H2. The van der Waals surface area contributed by atoms with Gasteiger partial charge in [0, 0.05) is 6.32 Å². The Kier molecular flexibility index (Phi) is 5.82. The Morgan fingerprint density at radius 3 is 2.40 bits per heavy atom. The third-order valence-corrected chi connectivity index (χ3v) is 0.841. The third-order valence-electron chi connectivity index (χ3n) is 0.841. The second-order valence-corrected chi connectivity index (χ2v) is 1.77. The third kappa shape index (κ3) is 7.20. The first-order chi connectivity index (χ1) is 4.77. The normalized spacial score (nSPS) is 11.0. The van der Waals surface area contributed by atoms with Crippen LogP contribution in [0.15, 0.2) is 37.0 Å². The van der Waals surface area contributed by atoms with Crippen LogP contribution >= 0.6 is 0 Å². The first-order valence-corrected chi connectivity index (χ1v) is 3.07. The molecular weight excluding hydrogens is 127 g/mol. The second kappa shape index (κ2) is 6.33. The lowest BCUT2D eigenvalue weighted by molar-refractivity contribution is 0.411. The van der Waals surface area contributed by atoms with Crippen LogP contribution in [-0.2, 0) is 0 Å². The summed E-state index contributed by atoms with van der Waals surface area (Å²) in [6.07, 6.45) is 8.86. The molecule has 2 nitrogen and oxygen atoms in total. The van der Waals surface area contributed by atoms with E-state index in [1.165, 1.54) is 0 Å². The van der Waals surface area contributed by atoms with E-state index in [0.29, 0.717) is 0 Å². The van der Waals surface area contributed by atoms with Crippen LogP contribution < -0.4 is 0 Å². The lowest BCUT2D eigenvalue weighted by Gasteiger charge is -1.86. The molecule has 0 saturated heterocycles. The van der Waals surface area contributed by atoms with Crippen LogP contribution in [0.4, 0.5) is 0 Å². The van der Waals surface area contributed by atoms with E-state index >= 15 is 0 Å². The zero-order valence-corrected chi connectivity index (χ0v) is 5.77. The first-order valence-electron chi connectivity index (χ1n) is 3.07. The maximum Gasteiger partial charge on any atom is 0.455 e. The average molecular weight is 138 g/mol. The predicted molar refractivity (Wildman–Crippen MR) is 43.5 cm³/mol. The van der Waals surface area contributed by atoms with Gasteiger partial charge in [-0.3, -0.25) is 0 Å². The van der Waals surface area contributed by atoms with E-state index in [-0.39, 0.29) is 6.32 Å². The van der Waals surface area contributed by atoms with Crippen molar-refractivity contribution in [2.24, 2.45) is 0 Å². The highest BCUT2D eigenvalue weighted by Crippen LogP contribution is 1.87. The van der Waals surface area contributed by atoms with Gasteiger partial charge in [-0.1, -0.05) is 37.0 Å². The van der Waals surface area contributed by atoms with E-state index in [0.717, 1.165) is 0 Å². The van der Waals surface area contributed by atoms with Crippen LogP contribution in [0.25, 0.3) is 0 Å². The quantitative estimate of drug-likeness (QED) is 0.444. The highest BCUT2D eigenvalue weighted by Gasteiger charge is 1.99. The highest BCUT2D eigenvalue weighted by atomic mass is 16.4. The van der Waals surface area contributed by atoms with Crippen molar-refractivity contribution in [3.63, 3.8) is 0 Å². The molecule has 3 heteroatoms. The van der Waals surface area contributed by atoms with Gasteiger partial charge in [-0.2, -0.15) is 0 Å². The van der Waals surface area contributed by atoms with Gasteiger partial charge >= 0.3 is 7.12 Å². The van der Waals surface area contributed by atoms with E-state index in [9.17, 15) is 0 Å². The van der Waals surface area contributed by atoms with Gasteiger partial charge in [-0.05, 0) is 0 Å². The Morgan fingerprint density at radius 2 is 1.90 bits per heavy atom. The Balaban J connectivity index is 3.37. The fourth-order valence-electron chi connectivity index (χ4n) is 0.422. The van der Waals surface area contributed by atoms with Crippen molar-refractivity contribution >= 4 is 7.12 Å². The van der Waals surface area contributed by atoms with Crippen molar-refractivity contribution in [3.8, 4) is 0 Å². The summed E-state index contributed by atoms with van der Waals surface area (Å²) < 4.78 is 0. The molecule has 0 heterocycles. The van der Waals surface area contributed by atoms with Crippen molar-refractivity contribution in [2.75, 3.05) is 0 Å². The summed E-state index contributed by atoms with van der Waals surface area (Å²) in [6.45, 7) is 3.47. The predicted octanol–water partition coefficient (Wildman–Crippen LogP) is 0.758. The van der Waals surface area contributed by atoms with Crippen molar-refractivity contribution in [3.05, 3.63) is 37.0 Å². The minimum absolute atomic E-state index is 0.265. The van der Waals surface area contributed by atoms with Crippen molar-refractivity contribution in [1.82, 2.24) is 0 Å². The Morgan fingerprint density at radius 1 is 1.20 bits per heavy atom. The molecule has 0 unspecified atom stereocenters. The molecule has 10 heavy (non-hydrogen) atoms. The monoisotopic (exact) mass is 138 g/mol. The van der Waals surface area contributed by atoms with E-state index < -0.39 is 7.12 Å². The van der Waals surface area contributed by atoms with Crippen molar-refractivity contribution in [1.29, 1.82) is 0 Å². The molecule has 0 radical (unpaired) electrons. The van der Waals surface area contributed by atoms with Gasteiger partial charge in [0.1, 0.15) is 0 Å². The topological polar surface area (TPSA) is 40.5 Å². The summed E-state index contributed by atoms with van der Waals surface area (Å²) in [5.41, 5.74) is 0. The van der Waals surface area contributed by atoms with Crippen molar-refractivity contribution < 1.29 is 10.0 Å². The molecule has 0 rings (SSSR count). The maximum atomic E-state index is 8.37. The molecule has 0 aliphatic heterocycles. The van der Waals surface area contributed by atoms with Crippen LogP contribution in [-0.4, -0.2) is 17.2 Å². The maximum absolute atomic E-state index is 8.37. The second-order valence-electron chi connectivity index (χ2n) is 1.77. The molecule has 0 aliphatic carbocycles. The zero-order chi connectivity index (χ0) is 7.82. The highest BCUT2D eigenvalue weighted by molar-refractivity contribution is 6.41. The number of hydrogen-bond acceptors (Lipinski definition) is 2. The van der Waals surface area contributed by atoms with Gasteiger partial charge < -0.3 is 10.0 Å². The molecule has 54 valence electrons. The lowest BCUT2D eigenvalue weighted by atomic mass is 9.86. The minimum atomic E-state index is -1.24. The molecule has 0 fully saturated rings. The zero-order valence-electron chi connectivity index (χ0n) is 5.77. The number of rotatable bonds is 4. The van der Waals surface area contributed by atoms with Gasteiger partial charge in [0.05, 0.1) is 0 Å². The summed E-state index contributed by atoms with van der Waals surface area (Å²) in [6, 6.07) is 0. The molecule has 0 aromatic heterocycles. The van der Waals surface area contributed by atoms with E-state index in [1.807, 2.05) is 0 Å². The van der Waals surface area contributed by atoms with Gasteiger partial charge in [0.25, 0.3) is 0 Å². The SMILES string of the molecule is C=CC=CC=CCB(O)O. The van der Waals surface area contributed by atoms with Crippen LogP contribution in [0.3, 0.4) is 0 Å². The Bertz CT molecular complexity index is 139. The first kappa shape index (κ1) is 9.20. The molecule has 0 aromatic rings.